The molecule has 38 heavy (non-hydrogen) atoms. The molecule has 7 nitrogen and oxygen atoms in total. The first-order valence-corrected chi connectivity index (χ1v) is 13.7. The molecule has 3 rings (SSSR count). The number of carboxylic acids is 1. The van der Waals surface area contributed by atoms with Crippen molar-refractivity contribution in [3.63, 3.8) is 0 Å². The molecule has 0 bridgehead atoms. The Kier molecular flexibility index (Phi) is 10.6. The third kappa shape index (κ3) is 7.07. The van der Waals surface area contributed by atoms with E-state index in [2.05, 4.69) is 10.6 Å². The van der Waals surface area contributed by atoms with Gasteiger partial charge in [-0.1, -0.05) is 59.4 Å². The van der Waals surface area contributed by atoms with E-state index in [-0.39, 0.29) is 21.0 Å². The predicted molar refractivity (Wildman–Crippen MR) is 154 cm³/mol. The molecule has 2 amide bonds. The zero-order chi connectivity index (χ0) is 28.0. The first kappa shape index (κ1) is 29.9. The Morgan fingerprint density at radius 3 is 2.08 bits per heavy atom. The van der Waals surface area contributed by atoms with Crippen molar-refractivity contribution in [3.8, 4) is 5.75 Å². The molecule has 0 saturated carbocycles. The summed E-state index contributed by atoms with van der Waals surface area (Å²) in [7, 11) is 0. The number of carbonyl (C=O) groups is 3. The maximum Gasteiger partial charge on any atom is 0.338 e. The standard InChI is InChI=1S/C26H22Cl4N2O5S/c1-3-17(24(33)31-13-8-10-15(11-9-13)37-4-2)38-16-7-5-6-14(12-16)32-25(34)18-19(26(35)36)21(28)23(30)22(29)20(18)27/h5-12,17H,3-4H2,1-2H3,(H,31,33)(H,32,34)(H,35,36). The zero-order valence-corrected chi connectivity index (χ0v) is 24.0. The highest BCUT2D eigenvalue weighted by atomic mass is 35.5. The van der Waals surface area contributed by atoms with Gasteiger partial charge in [0.2, 0.25) is 5.91 Å². The Labute approximate surface area is 243 Å². The number of thioether (sulfide) groups is 1. The second kappa shape index (κ2) is 13.4. The smallest absolute Gasteiger partial charge is 0.338 e. The van der Waals surface area contributed by atoms with Gasteiger partial charge in [-0.05, 0) is 55.8 Å². The lowest BCUT2D eigenvalue weighted by Crippen LogP contribution is -2.24. The first-order chi connectivity index (χ1) is 18.1. The number of hydrogen-bond acceptors (Lipinski definition) is 5. The predicted octanol–water partition coefficient (Wildman–Crippen LogP) is 8.16. The van der Waals surface area contributed by atoms with Crippen LogP contribution in [-0.4, -0.2) is 34.7 Å². The van der Waals surface area contributed by atoms with Gasteiger partial charge in [0.05, 0.1) is 43.1 Å². The lowest BCUT2D eigenvalue weighted by molar-refractivity contribution is -0.115. The van der Waals surface area contributed by atoms with Crippen molar-refractivity contribution in [3.05, 3.63) is 79.7 Å². The van der Waals surface area contributed by atoms with Gasteiger partial charge in [0.25, 0.3) is 5.91 Å². The van der Waals surface area contributed by atoms with Crippen LogP contribution in [-0.2, 0) is 4.79 Å². The average Bonchev–Trinajstić information content (AvgIpc) is 2.89. The van der Waals surface area contributed by atoms with E-state index in [0.717, 1.165) is 0 Å². The Balaban J connectivity index is 1.77. The molecule has 0 aliphatic rings. The maximum atomic E-state index is 13.0. The van der Waals surface area contributed by atoms with Gasteiger partial charge in [0, 0.05) is 16.3 Å². The van der Waals surface area contributed by atoms with Crippen molar-refractivity contribution in [2.75, 3.05) is 17.2 Å². The van der Waals surface area contributed by atoms with Gasteiger partial charge >= 0.3 is 5.97 Å². The fourth-order valence-electron chi connectivity index (χ4n) is 3.40. The molecule has 0 spiro atoms. The number of nitrogens with one attached hydrogen (secondary N) is 2. The molecule has 3 aromatic rings. The fraction of sp³-hybridized carbons (Fsp3) is 0.192. The molecule has 0 heterocycles. The molecule has 3 aromatic carbocycles. The highest BCUT2D eigenvalue weighted by Crippen LogP contribution is 2.42. The molecule has 200 valence electrons. The van der Waals surface area contributed by atoms with Crippen molar-refractivity contribution in [2.45, 2.75) is 30.4 Å². The molecule has 1 unspecified atom stereocenters. The van der Waals surface area contributed by atoms with Gasteiger partial charge in [-0.25, -0.2) is 4.79 Å². The summed E-state index contributed by atoms with van der Waals surface area (Å²) in [5.41, 5.74) is 0.00480. The highest BCUT2D eigenvalue weighted by molar-refractivity contribution is 8.00. The van der Waals surface area contributed by atoms with Crippen LogP contribution >= 0.6 is 58.2 Å². The SMILES string of the molecule is CCOc1ccc(NC(=O)C(CC)Sc2cccc(NC(=O)c3c(Cl)c(Cl)c(Cl)c(Cl)c3C(=O)O)c2)cc1. The molecule has 0 aliphatic heterocycles. The number of amides is 2. The molecular weight excluding hydrogens is 594 g/mol. The second-order valence-electron chi connectivity index (χ2n) is 7.75. The summed E-state index contributed by atoms with van der Waals surface area (Å²) < 4.78 is 5.42. The quantitative estimate of drug-likeness (QED) is 0.121. The van der Waals surface area contributed by atoms with Crippen molar-refractivity contribution in [1.29, 1.82) is 0 Å². The van der Waals surface area contributed by atoms with Gasteiger partial charge in [0.1, 0.15) is 5.75 Å². The topological polar surface area (TPSA) is 105 Å². The van der Waals surface area contributed by atoms with Gasteiger partial charge in [-0.3, -0.25) is 9.59 Å². The van der Waals surface area contributed by atoms with Crippen LogP contribution in [0.4, 0.5) is 11.4 Å². The van der Waals surface area contributed by atoms with Crippen LogP contribution in [0.1, 0.15) is 41.0 Å². The van der Waals surface area contributed by atoms with E-state index in [4.69, 9.17) is 51.1 Å². The minimum atomic E-state index is -1.49. The number of aromatic carboxylic acids is 1. The van der Waals surface area contributed by atoms with Gasteiger partial charge in [-0.15, -0.1) is 11.8 Å². The van der Waals surface area contributed by atoms with E-state index in [1.54, 1.807) is 48.5 Å². The number of benzene rings is 3. The molecule has 0 radical (unpaired) electrons. The van der Waals surface area contributed by atoms with E-state index in [0.29, 0.717) is 35.0 Å². The molecule has 1 atom stereocenters. The summed E-state index contributed by atoms with van der Waals surface area (Å²) >= 11 is 25.5. The Hall–Kier alpha value is -2.62. The summed E-state index contributed by atoms with van der Waals surface area (Å²) in [4.78, 5) is 38.4. The largest absolute Gasteiger partial charge is 0.494 e. The third-order valence-electron chi connectivity index (χ3n) is 5.17. The summed E-state index contributed by atoms with van der Waals surface area (Å²) in [6.45, 7) is 4.34. The van der Waals surface area contributed by atoms with E-state index >= 15 is 0 Å². The molecule has 3 N–H and O–H groups in total. The fourth-order valence-corrected chi connectivity index (χ4v) is 5.43. The Bertz CT molecular complexity index is 1370. The first-order valence-electron chi connectivity index (χ1n) is 11.3. The van der Waals surface area contributed by atoms with Crippen LogP contribution in [0.15, 0.2) is 53.4 Å². The summed E-state index contributed by atoms with van der Waals surface area (Å²) in [6, 6.07) is 13.8. The van der Waals surface area contributed by atoms with Crippen LogP contribution in [0, 0.1) is 0 Å². The van der Waals surface area contributed by atoms with Gasteiger partial charge < -0.3 is 20.5 Å². The van der Waals surface area contributed by atoms with Crippen LogP contribution in [0.3, 0.4) is 0 Å². The zero-order valence-electron chi connectivity index (χ0n) is 20.1. The van der Waals surface area contributed by atoms with Crippen molar-refractivity contribution < 1.29 is 24.2 Å². The molecule has 0 aromatic heterocycles. The molecule has 0 fully saturated rings. The van der Waals surface area contributed by atoms with Gasteiger partial charge in [0.15, 0.2) is 0 Å². The number of rotatable bonds is 10. The summed E-state index contributed by atoms with van der Waals surface area (Å²) in [5, 5.41) is 13.5. The lowest BCUT2D eigenvalue weighted by atomic mass is 10.1. The normalized spacial score (nSPS) is 11.5. The van der Waals surface area contributed by atoms with Crippen LogP contribution in [0.5, 0.6) is 5.75 Å². The number of carbonyl (C=O) groups excluding carboxylic acids is 2. The Morgan fingerprint density at radius 1 is 0.868 bits per heavy atom. The lowest BCUT2D eigenvalue weighted by Gasteiger charge is -2.16. The summed E-state index contributed by atoms with van der Waals surface area (Å²) in [5.74, 6) is -1.80. The van der Waals surface area contributed by atoms with E-state index in [1.165, 1.54) is 11.8 Å². The minimum absolute atomic E-state index is 0.181. The third-order valence-corrected chi connectivity index (χ3v) is 8.33. The van der Waals surface area contributed by atoms with E-state index in [1.807, 2.05) is 13.8 Å². The number of ether oxygens (including phenoxy) is 1. The second-order valence-corrected chi connectivity index (χ2v) is 10.5. The molecule has 0 saturated heterocycles. The molecule has 12 heteroatoms. The van der Waals surface area contributed by atoms with Gasteiger partial charge in [-0.2, -0.15) is 0 Å². The van der Waals surface area contributed by atoms with Crippen molar-refractivity contribution in [1.82, 2.24) is 0 Å². The highest BCUT2D eigenvalue weighted by Gasteiger charge is 2.29. The van der Waals surface area contributed by atoms with Crippen molar-refractivity contribution >= 4 is 87.3 Å². The Morgan fingerprint density at radius 2 is 1.50 bits per heavy atom. The average molecular weight is 616 g/mol. The monoisotopic (exact) mass is 614 g/mol. The van der Waals surface area contributed by atoms with Crippen LogP contribution in [0.2, 0.25) is 20.1 Å². The summed E-state index contributed by atoms with van der Waals surface area (Å²) in [6.07, 6.45) is 0.545. The van der Waals surface area contributed by atoms with Crippen LogP contribution < -0.4 is 15.4 Å². The van der Waals surface area contributed by atoms with Crippen molar-refractivity contribution in [2.24, 2.45) is 0 Å². The number of carboxylic acid groups (broad SMARTS) is 1. The van der Waals surface area contributed by atoms with Crippen LogP contribution in [0.25, 0.3) is 0 Å². The molecule has 0 aliphatic carbocycles. The minimum Gasteiger partial charge on any atom is -0.494 e. The number of halogens is 4. The van der Waals surface area contributed by atoms with E-state index in [9.17, 15) is 19.5 Å². The number of hydrogen-bond donors (Lipinski definition) is 3. The molecular formula is C26H22Cl4N2O5S. The maximum absolute atomic E-state index is 13.0. The van der Waals surface area contributed by atoms with E-state index < -0.39 is 33.3 Å². The number of anilines is 2.